The summed E-state index contributed by atoms with van der Waals surface area (Å²) < 4.78 is 28.8. The molecule has 0 atom stereocenters. The number of carbonyl (C=O) groups excluding carboxylic acids is 1. The number of ketones is 1. The van der Waals surface area contributed by atoms with E-state index in [0.717, 1.165) is 6.42 Å². The molecule has 0 fully saturated rings. The summed E-state index contributed by atoms with van der Waals surface area (Å²) in [6, 6.07) is 0. The molecule has 1 aliphatic rings. The van der Waals surface area contributed by atoms with Gasteiger partial charge in [0.1, 0.15) is 0 Å². The van der Waals surface area contributed by atoms with Crippen molar-refractivity contribution in [2.24, 2.45) is 5.41 Å². The van der Waals surface area contributed by atoms with Crippen LogP contribution in [0.25, 0.3) is 0 Å². The molecule has 96 valence electrons. The first-order valence-electron chi connectivity index (χ1n) is 5.65. The summed E-state index contributed by atoms with van der Waals surface area (Å²) in [4.78, 5) is 11.7. The van der Waals surface area contributed by atoms with Crippen molar-refractivity contribution in [3.8, 4) is 0 Å². The number of hydrogen-bond donors (Lipinski definition) is 0. The normalized spacial score (nSPS) is 19.2. The molecule has 0 N–H and O–H groups in total. The standard InChI is InChI=1S/C12H18O4S/c1-4-5-9-16-17(14,15)11-8-6-7-10(13)12(11,2)3/h6-8H,4-5,9H2,1-3H3. The van der Waals surface area contributed by atoms with E-state index in [4.69, 9.17) is 4.18 Å². The van der Waals surface area contributed by atoms with Gasteiger partial charge in [-0.15, -0.1) is 0 Å². The third-order valence-corrected chi connectivity index (χ3v) is 4.39. The van der Waals surface area contributed by atoms with Gasteiger partial charge in [-0.2, -0.15) is 8.42 Å². The van der Waals surface area contributed by atoms with Crippen molar-refractivity contribution in [3.63, 3.8) is 0 Å². The average molecular weight is 258 g/mol. The van der Waals surface area contributed by atoms with Crippen LogP contribution in [-0.4, -0.2) is 20.8 Å². The van der Waals surface area contributed by atoms with Crippen molar-refractivity contribution in [1.82, 2.24) is 0 Å². The molecule has 1 aliphatic carbocycles. The fourth-order valence-corrected chi connectivity index (χ4v) is 2.97. The Bertz CT molecular complexity index is 455. The second-order valence-corrected chi connectivity index (χ2v) is 6.09. The summed E-state index contributed by atoms with van der Waals surface area (Å²) in [6.07, 6.45) is 5.80. The number of hydrogen-bond acceptors (Lipinski definition) is 4. The summed E-state index contributed by atoms with van der Waals surface area (Å²) in [5, 5.41) is 0. The molecule has 5 heteroatoms. The van der Waals surface area contributed by atoms with Gasteiger partial charge in [0.2, 0.25) is 0 Å². The molecular weight excluding hydrogens is 240 g/mol. The van der Waals surface area contributed by atoms with Crippen molar-refractivity contribution in [3.05, 3.63) is 23.1 Å². The third kappa shape index (κ3) is 3.04. The lowest BCUT2D eigenvalue weighted by atomic mass is 9.84. The topological polar surface area (TPSA) is 60.4 Å². The van der Waals surface area contributed by atoms with Crippen LogP contribution in [0.2, 0.25) is 0 Å². The Morgan fingerprint density at radius 2 is 2.00 bits per heavy atom. The summed E-state index contributed by atoms with van der Waals surface area (Å²) >= 11 is 0. The maximum absolute atomic E-state index is 11.9. The van der Waals surface area contributed by atoms with E-state index in [1.165, 1.54) is 18.2 Å². The van der Waals surface area contributed by atoms with Crippen LogP contribution in [0.4, 0.5) is 0 Å². The highest BCUT2D eigenvalue weighted by Crippen LogP contribution is 2.35. The number of allylic oxidation sites excluding steroid dienone is 4. The zero-order valence-corrected chi connectivity index (χ0v) is 11.2. The Morgan fingerprint density at radius 3 is 2.59 bits per heavy atom. The number of unbranched alkanes of at least 4 members (excludes halogenated alkanes) is 1. The van der Waals surface area contributed by atoms with Crippen LogP contribution >= 0.6 is 0 Å². The molecule has 4 nitrogen and oxygen atoms in total. The molecule has 0 heterocycles. The van der Waals surface area contributed by atoms with Gasteiger partial charge in [0, 0.05) is 0 Å². The maximum atomic E-state index is 11.9. The molecule has 0 radical (unpaired) electrons. The van der Waals surface area contributed by atoms with Gasteiger partial charge < -0.3 is 0 Å². The van der Waals surface area contributed by atoms with Gasteiger partial charge in [-0.1, -0.05) is 19.4 Å². The summed E-state index contributed by atoms with van der Waals surface area (Å²) in [6.45, 7) is 5.28. The molecule has 0 aliphatic heterocycles. The van der Waals surface area contributed by atoms with E-state index < -0.39 is 15.5 Å². The SMILES string of the molecule is CCCCOS(=O)(=O)C1=CC=CC(=O)C1(C)C. The van der Waals surface area contributed by atoms with E-state index in [-0.39, 0.29) is 17.3 Å². The molecule has 0 bridgehead atoms. The average Bonchev–Trinajstić information content (AvgIpc) is 2.22. The lowest BCUT2D eigenvalue weighted by molar-refractivity contribution is -0.120. The van der Waals surface area contributed by atoms with Gasteiger partial charge in [0.25, 0.3) is 10.1 Å². The van der Waals surface area contributed by atoms with Crippen molar-refractivity contribution in [2.75, 3.05) is 6.61 Å². The van der Waals surface area contributed by atoms with Crippen LogP contribution < -0.4 is 0 Å². The first kappa shape index (κ1) is 14.1. The fraction of sp³-hybridized carbons (Fsp3) is 0.583. The van der Waals surface area contributed by atoms with Crippen LogP contribution in [0.15, 0.2) is 23.1 Å². The molecule has 0 saturated heterocycles. The van der Waals surface area contributed by atoms with E-state index >= 15 is 0 Å². The number of carbonyl (C=O) groups is 1. The number of rotatable bonds is 5. The lowest BCUT2D eigenvalue weighted by Gasteiger charge is -2.26. The summed E-state index contributed by atoms with van der Waals surface area (Å²) in [5.41, 5.74) is -1.04. The molecule has 17 heavy (non-hydrogen) atoms. The largest absolute Gasteiger partial charge is 0.294 e. The monoisotopic (exact) mass is 258 g/mol. The third-order valence-electron chi connectivity index (χ3n) is 2.73. The molecule has 0 spiro atoms. The first-order valence-corrected chi connectivity index (χ1v) is 7.06. The quantitative estimate of drug-likeness (QED) is 0.560. The van der Waals surface area contributed by atoms with Gasteiger partial charge in [0.05, 0.1) is 16.9 Å². The van der Waals surface area contributed by atoms with E-state index in [1.54, 1.807) is 13.8 Å². The van der Waals surface area contributed by atoms with Crippen LogP contribution in [-0.2, 0) is 19.1 Å². The minimum Gasteiger partial charge on any atom is -0.294 e. The molecule has 0 saturated carbocycles. The first-order chi connectivity index (χ1) is 7.82. The van der Waals surface area contributed by atoms with Crippen molar-refractivity contribution in [2.45, 2.75) is 33.6 Å². The Labute approximate surface area is 102 Å². The molecule has 0 amide bonds. The minimum absolute atomic E-state index is 0.0357. The van der Waals surface area contributed by atoms with E-state index in [2.05, 4.69) is 0 Å². The van der Waals surface area contributed by atoms with Crippen molar-refractivity contribution in [1.29, 1.82) is 0 Å². The van der Waals surface area contributed by atoms with Crippen LogP contribution in [0.1, 0.15) is 33.6 Å². The van der Waals surface area contributed by atoms with Crippen LogP contribution in [0.5, 0.6) is 0 Å². The Kier molecular flexibility index (Phi) is 4.27. The summed E-state index contributed by atoms with van der Waals surface area (Å²) in [7, 11) is -3.81. The van der Waals surface area contributed by atoms with E-state index in [1.807, 2.05) is 6.92 Å². The van der Waals surface area contributed by atoms with E-state index in [9.17, 15) is 13.2 Å². The molecule has 0 aromatic rings. The van der Waals surface area contributed by atoms with Crippen LogP contribution in [0, 0.1) is 5.41 Å². The maximum Gasteiger partial charge on any atom is 0.294 e. The minimum atomic E-state index is -3.81. The van der Waals surface area contributed by atoms with Gasteiger partial charge in [-0.05, 0) is 32.4 Å². The smallest absolute Gasteiger partial charge is 0.294 e. The second-order valence-electron chi connectivity index (χ2n) is 4.51. The predicted octanol–water partition coefficient (Wildman–Crippen LogP) is 2.18. The van der Waals surface area contributed by atoms with Crippen molar-refractivity contribution < 1.29 is 17.4 Å². The Hall–Kier alpha value is -0.940. The van der Waals surface area contributed by atoms with E-state index in [0.29, 0.717) is 6.42 Å². The highest BCUT2D eigenvalue weighted by Gasteiger charge is 2.39. The highest BCUT2D eigenvalue weighted by atomic mass is 32.2. The predicted molar refractivity (Wildman–Crippen MR) is 65.8 cm³/mol. The van der Waals surface area contributed by atoms with Crippen molar-refractivity contribution >= 4 is 15.9 Å². The highest BCUT2D eigenvalue weighted by molar-refractivity contribution is 7.90. The molecule has 1 rings (SSSR count). The molecular formula is C12H18O4S. The summed E-state index contributed by atoms with van der Waals surface area (Å²) in [5.74, 6) is -0.224. The Morgan fingerprint density at radius 1 is 1.35 bits per heavy atom. The fourth-order valence-electron chi connectivity index (χ4n) is 1.53. The molecule has 0 aromatic heterocycles. The second kappa shape index (κ2) is 5.14. The van der Waals surface area contributed by atoms with Gasteiger partial charge >= 0.3 is 0 Å². The molecule has 0 unspecified atom stereocenters. The lowest BCUT2D eigenvalue weighted by Crippen LogP contribution is -2.32. The van der Waals surface area contributed by atoms with Gasteiger partial charge in [-0.25, -0.2) is 0 Å². The van der Waals surface area contributed by atoms with Gasteiger partial charge in [0.15, 0.2) is 5.78 Å². The zero-order chi connectivity index (χ0) is 13.1. The Balaban J connectivity index is 2.95. The molecule has 0 aromatic carbocycles. The van der Waals surface area contributed by atoms with Gasteiger partial charge in [-0.3, -0.25) is 8.98 Å². The van der Waals surface area contributed by atoms with Crippen LogP contribution in [0.3, 0.4) is 0 Å². The zero-order valence-electron chi connectivity index (χ0n) is 10.4.